The maximum atomic E-state index is 12.5. The molecule has 0 unspecified atom stereocenters. The number of amides is 2. The van der Waals surface area contributed by atoms with Crippen LogP contribution in [0, 0.1) is 0 Å². The number of benzene rings is 2. The smallest absolute Gasteiger partial charge is 0.267 e. The fourth-order valence-corrected chi connectivity index (χ4v) is 3.84. The van der Waals surface area contributed by atoms with Crippen LogP contribution in [-0.2, 0) is 11.8 Å². The number of nitrogens with zero attached hydrogens (tertiary/aromatic N) is 2. The number of hydrogen-bond acceptors (Lipinski definition) is 6. The number of thiazole rings is 1. The first-order chi connectivity index (χ1) is 14.0. The molecule has 1 aromatic heterocycles. The summed E-state index contributed by atoms with van der Waals surface area (Å²) < 4.78 is 18.6. The Labute approximate surface area is 171 Å². The third-order valence-electron chi connectivity index (χ3n) is 4.26. The molecule has 1 heterocycles. The average molecular weight is 415 g/mol. The second kappa shape index (κ2) is 8.78. The summed E-state index contributed by atoms with van der Waals surface area (Å²) in [5.74, 6) is 0.187. The van der Waals surface area contributed by atoms with Crippen LogP contribution in [0.1, 0.15) is 10.4 Å². The zero-order valence-electron chi connectivity index (χ0n) is 16.5. The molecular weight excluding hydrogens is 394 g/mol. The molecule has 0 spiro atoms. The maximum absolute atomic E-state index is 12.5. The van der Waals surface area contributed by atoms with Gasteiger partial charge in [-0.25, -0.2) is 0 Å². The van der Waals surface area contributed by atoms with Gasteiger partial charge in [0, 0.05) is 12.6 Å². The molecule has 9 heteroatoms. The summed E-state index contributed by atoms with van der Waals surface area (Å²) in [5.41, 5.74) is 1.27. The molecule has 0 aliphatic carbocycles. The quantitative estimate of drug-likeness (QED) is 0.666. The number of aromatic nitrogens is 1. The molecule has 0 saturated heterocycles. The second-order valence-corrected chi connectivity index (χ2v) is 7.02. The van der Waals surface area contributed by atoms with Gasteiger partial charge in [-0.05, 0) is 24.3 Å². The van der Waals surface area contributed by atoms with Gasteiger partial charge in [-0.3, -0.25) is 9.59 Å². The predicted octanol–water partition coefficient (Wildman–Crippen LogP) is 2.12. The van der Waals surface area contributed by atoms with E-state index in [1.807, 2.05) is 35.9 Å². The van der Waals surface area contributed by atoms with Crippen molar-refractivity contribution >= 4 is 33.4 Å². The highest BCUT2D eigenvalue weighted by molar-refractivity contribution is 7.16. The number of aryl methyl sites for hydroxylation is 1. The van der Waals surface area contributed by atoms with Gasteiger partial charge in [0.1, 0.15) is 0 Å². The lowest BCUT2D eigenvalue weighted by Crippen LogP contribution is -2.30. The molecule has 0 bridgehead atoms. The van der Waals surface area contributed by atoms with E-state index < -0.39 is 11.8 Å². The highest BCUT2D eigenvalue weighted by atomic mass is 32.1. The topological polar surface area (TPSA) is 91.2 Å². The van der Waals surface area contributed by atoms with Crippen LogP contribution >= 0.6 is 11.3 Å². The van der Waals surface area contributed by atoms with Crippen LogP contribution in [0.5, 0.6) is 17.2 Å². The van der Waals surface area contributed by atoms with Crippen LogP contribution in [0.15, 0.2) is 41.4 Å². The molecule has 152 valence electrons. The van der Waals surface area contributed by atoms with Gasteiger partial charge < -0.3 is 24.1 Å². The van der Waals surface area contributed by atoms with Crippen LogP contribution in [0.25, 0.3) is 10.2 Å². The van der Waals surface area contributed by atoms with E-state index in [1.54, 1.807) is 0 Å². The summed E-state index contributed by atoms with van der Waals surface area (Å²) in [5, 5.41) is 2.57. The van der Waals surface area contributed by atoms with E-state index in [0.717, 1.165) is 10.2 Å². The summed E-state index contributed by atoms with van der Waals surface area (Å²) in [6, 6.07) is 10.8. The van der Waals surface area contributed by atoms with E-state index >= 15 is 0 Å². The molecule has 0 radical (unpaired) electrons. The predicted molar refractivity (Wildman–Crippen MR) is 110 cm³/mol. The van der Waals surface area contributed by atoms with E-state index in [-0.39, 0.29) is 12.1 Å². The minimum Gasteiger partial charge on any atom is -0.493 e. The summed E-state index contributed by atoms with van der Waals surface area (Å²) in [7, 11) is 6.26. The zero-order chi connectivity index (χ0) is 21.0. The molecule has 0 atom stereocenters. The Kier molecular flexibility index (Phi) is 6.18. The summed E-state index contributed by atoms with van der Waals surface area (Å²) >= 11 is 1.41. The number of nitrogens with one attached hydrogen (secondary N) is 1. The van der Waals surface area contributed by atoms with Crippen LogP contribution < -0.4 is 24.3 Å². The minimum absolute atomic E-state index is 0.232. The molecular formula is C20H21N3O5S. The summed E-state index contributed by atoms with van der Waals surface area (Å²) in [6.45, 7) is -0.232. The lowest BCUT2D eigenvalue weighted by molar-refractivity contribution is -0.117. The number of rotatable bonds is 6. The van der Waals surface area contributed by atoms with E-state index in [0.29, 0.717) is 22.0 Å². The molecule has 1 N–H and O–H groups in total. The van der Waals surface area contributed by atoms with Crippen molar-refractivity contribution in [2.24, 2.45) is 12.0 Å². The highest BCUT2D eigenvalue weighted by Crippen LogP contribution is 2.38. The molecule has 0 saturated carbocycles. The Bertz CT molecular complexity index is 1110. The standard InChI is InChI=1S/C20H21N3O5S/c1-23-13-7-5-6-8-16(13)29-20(23)22-17(24)11-21-19(25)12-9-14(26-2)18(28-4)15(10-12)27-3/h5-10H,11H2,1-4H3,(H,21,25). The lowest BCUT2D eigenvalue weighted by Gasteiger charge is -2.13. The van der Waals surface area contributed by atoms with E-state index in [4.69, 9.17) is 14.2 Å². The molecule has 3 rings (SSSR count). The lowest BCUT2D eigenvalue weighted by atomic mass is 10.1. The van der Waals surface area contributed by atoms with Crippen LogP contribution in [0.4, 0.5) is 0 Å². The van der Waals surface area contributed by atoms with E-state index in [2.05, 4.69) is 10.3 Å². The normalized spacial score (nSPS) is 11.4. The van der Waals surface area contributed by atoms with E-state index in [9.17, 15) is 9.59 Å². The summed E-state index contributed by atoms with van der Waals surface area (Å²) in [4.78, 5) is 29.4. The Hall–Kier alpha value is -3.33. The first kappa shape index (κ1) is 20.4. The number of methoxy groups -OCH3 is 3. The van der Waals surface area contributed by atoms with Crippen molar-refractivity contribution in [1.82, 2.24) is 9.88 Å². The molecule has 0 fully saturated rings. The number of carbonyl (C=O) groups is 2. The number of para-hydroxylation sites is 1. The van der Waals surface area contributed by atoms with Gasteiger partial charge in [-0.2, -0.15) is 4.99 Å². The molecule has 2 amide bonds. The third-order valence-corrected chi connectivity index (χ3v) is 5.38. The van der Waals surface area contributed by atoms with Gasteiger partial charge >= 0.3 is 0 Å². The van der Waals surface area contributed by atoms with Crippen molar-refractivity contribution in [1.29, 1.82) is 0 Å². The maximum Gasteiger partial charge on any atom is 0.267 e. The SMILES string of the molecule is COc1cc(C(=O)NCC(=O)N=c2sc3ccccc3n2C)cc(OC)c1OC. The Morgan fingerprint density at radius 2 is 1.72 bits per heavy atom. The first-order valence-electron chi connectivity index (χ1n) is 8.68. The monoisotopic (exact) mass is 415 g/mol. The minimum atomic E-state index is -0.451. The average Bonchev–Trinajstić information content (AvgIpc) is 3.06. The highest BCUT2D eigenvalue weighted by Gasteiger charge is 2.17. The van der Waals surface area contributed by atoms with Gasteiger partial charge in [0.05, 0.1) is 38.1 Å². The zero-order valence-corrected chi connectivity index (χ0v) is 17.3. The van der Waals surface area contributed by atoms with Gasteiger partial charge in [-0.15, -0.1) is 0 Å². The van der Waals surface area contributed by atoms with Crippen molar-refractivity contribution < 1.29 is 23.8 Å². The van der Waals surface area contributed by atoms with Crippen molar-refractivity contribution in [3.05, 3.63) is 46.8 Å². The molecule has 0 aliphatic heterocycles. The number of ether oxygens (including phenoxy) is 3. The van der Waals surface area contributed by atoms with Gasteiger partial charge in [0.2, 0.25) is 5.75 Å². The van der Waals surface area contributed by atoms with Crippen LogP contribution in [-0.4, -0.2) is 44.3 Å². The van der Waals surface area contributed by atoms with Crippen LogP contribution in [0.2, 0.25) is 0 Å². The first-order valence-corrected chi connectivity index (χ1v) is 9.50. The van der Waals surface area contributed by atoms with Gasteiger partial charge in [-0.1, -0.05) is 23.5 Å². The Balaban J connectivity index is 1.76. The van der Waals surface area contributed by atoms with E-state index in [1.165, 1.54) is 44.8 Å². The fourth-order valence-electron chi connectivity index (χ4n) is 2.80. The van der Waals surface area contributed by atoms with Crippen molar-refractivity contribution in [2.45, 2.75) is 0 Å². The van der Waals surface area contributed by atoms with Crippen LogP contribution in [0.3, 0.4) is 0 Å². The molecule has 8 nitrogen and oxygen atoms in total. The number of fused-ring (bicyclic) bond motifs is 1. The second-order valence-electron chi connectivity index (χ2n) is 6.01. The molecule has 3 aromatic rings. The third kappa shape index (κ3) is 4.24. The van der Waals surface area contributed by atoms with Crippen molar-refractivity contribution in [2.75, 3.05) is 27.9 Å². The largest absolute Gasteiger partial charge is 0.493 e. The fraction of sp³-hybridized carbons (Fsp3) is 0.250. The van der Waals surface area contributed by atoms with Gasteiger partial charge in [0.15, 0.2) is 16.3 Å². The Morgan fingerprint density at radius 3 is 2.31 bits per heavy atom. The Morgan fingerprint density at radius 1 is 1.07 bits per heavy atom. The molecule has 0 aliphatic rings. The molecule has 2 aromatic carbocycles. The molecule has 29 heavy (non-hydrogen) atoms. The van der Waals surface area contributed by atoms with Crippen molar-refractivity contribution in [3.63, 3.8) is 0 Å². The summed E-state index contributed by atoms with van der Waals surface area (Å²) in [6.07, 6.45) is 0. The van der Waals surface area contributed by atoms with Gasteiger partial charge in [0.25, 0.3) is 11.8 Å². The number of hydrogen-bond donors (Lipinski definition) is 1. The number of carbonyl (C=O) groups excluding carboxylic acids is 2. The van der Waals surface area contributed by atoms with Crippen molar-refractivity contribution in [3.8, 4) is 17.2 Å².